The van der Waals surface area contributed by atoms with E-state index in [4.69, 9.17) is 0 Å². The van der Waals surface area contributed by atoms with Crippen LogP contribution in [0.5, 0.6) is 0 Å². The maximum absolute atomic E-state index is 15.6. The first-order chi connectivity index (χ1) is 39.3. The molecule has 2 aromatic carbocycles. The summed E-state index contributed by atoms with van der Waals surface area (Å²) in [6.45, 7) is 15.0. The highest BCUT2D eigenvalue weighted by atomic mass is 32.1. The van der Waals surface area contributed by atoms with Crippen LogP contribution in [-0.4, -0.2) is 24.9 Å². The third kappa shape index (κ3) is 21.8. The average Bonchev–Trinajstić information content (AvgIpc) is 4.43. The summed E-state index contributed by atoms with van der Waals surface area (Å²) in [6.07, 6.45) is 53.3. The fourth-order valence-electron chi connectivity index (χ4n) is 13.7. The lowest BCUT2D eigenvalue weighted by molar-refractivity contribution is -0.125. The molecule has 0 fully saturated rings. The van der Waals surface area contributed by atoms with Gasteiger partial charge < -0.3 is 9.80 Å². The molecule has 80 heavy (non-hydrogen) atoms. The van der Waals surface area contributed by atoms with E-state index >= 15 is 9.59 Å². The van der Waals surface area contributed by atoms with E-state index < -0.39 is 11.8 Å². The number of aryl methyl sites for hydroxylation is 2. The molecule has 4 aromatic rings. The quantitative estimate of drug-likeness (QED) is 0.0414. The SMILES string of the molecule is CCCCCCCCCCC(CCCCCCCCCC)CCCN1C(=O)C(C2C(=O)N(CCCC(CCCCCCCCCC)CCCCCCCCCC)c3cc(-c4ccc(-c5ccc(C)s5)s4)ccc32)c2ccc(C)cc21. The molecule has 0 N–H and O–H groups in total. The van der Waals surface area contributed by atoms with Gasteiger partial charge in [-0.25, -0.2) is 0 Å². The summed E-state index contributed by atoms with van der Waals surface area (Å²) in [7, 11) is 0. The summed E-state index contributed by atoms with van der Waals surface area (Å²) < 4.78 is 0. The predicted molar refractivity (Wildman–Crippen MR) is 354 cm³/mol. The summed E-state index contributed by atoms with van der Waals surface area (Å²) in [5.74, 6) is 0.663. The summed E-state index contributed by atoms with van der Waals surface area (Å²) in [6, 6.07) is 22.4. The van der Waals surface area contributed by atoms with E-state index in [2.05, 4.69) is 112 Å². The largest absolute Gasteiger partial charge is 0.312 e. The molecule has 6 heteroatoms. The standard InChI is InChI=1S/C74H116N2O2S2/c1-7-11-15-19-23-27-31-35-41-61(42-36-32-28-24-20-16-12-8-2)45-39-55-75-66-57-59(5)47-50-64(66)71(73(75)77)72-65-51-49-63(68-53-54-70(80-68)69-52-48-60(6)79-69)58-67(65)76(74(72)78)56-40-46-62(43-37-33-29-25-21-17-13-9-3)44-38-34-30-26-22-18-14-10-4/h47-54,57-58,61-62,71-72H,7-46,55-56H2,1-6H3. The second kappa shape index (κ2) is 38.6. The van der Waals surface area contributed by atoms with Crippen molar-refractivity contribution in [3.05, 3.63) is 82.2 Å². The lowest BCUT2D eigenvalue weighted by Crippen LogP contribution is -2.36. The van der Waals surface area contributed by atoms with E-state index in [0.717, 1.165) is 53.4 Å². The van der Waals surface area contributed by atoms with E-state index in [1.54, 1.807) is 0 Å². The van der Waals surface area contributed by atoms with Crippen molar-refractivity contribution in [1.82, 2.24) is 0 Å². The van der Waals surface area contributed by atoms with Crippen molar-refractivity contribution in [2.75, 3.05) is 22.9 Å². The summed E-state index contributed by atoms with van der Waals surface area (Å²) >= 11 is 3.70. The molecular weight excluding hydrogens is 1010 g/mol. The smallest absolute Gasteiger partial charge is 0.235 e. The Balaban J connectivity index is 1.17. The fourth-order valence-corrected chi connectivity index (χ4v) is 15.7. The first kappa shape index (κ1) is 65.9. The number of fused-ring (bicyclic) bond motifs is 2. The van der Waals surface area contributed by atoms with Gasteiger partial charge in [0.1, 0.15) is 0 Å². The zero-order valence-corrected chi connectivity index (χ0v) is 53.9. The molecule has 2 aliphatic rings. The van der Waals surface area contributed by atoms with E-state index in [0.29, 0.717) is 12.5 Å². The minimum Gasteiger partial charge on any atom is -0.312 e. The number of benzene rings is 2. The number of hydrogen-bond donors (Lipinski definition) is 0. The number of carbonyl (C=O) groups excluding carboxylic acids is 2. The van der Waals surface area contributed by atoms with Gasteiger partial charge in [-0.15, -0.1) is 22.7 Å². The lowest BCUT2D eigenvalue weighted by atomic mass is 9.82. The molecule has 0 aliphatic carbocycles. The fraction of sp³-hybridized carbons (Fsp3) is 0.703. The van der Waals surface area contributed by atoms with Crippen molar-refractivity contribution in [2.45, 2.75) is 310 Å². The van der Waals surface area contributed by atoms with Crippen LogP contribution in [0.4, 0.5) is 11.4 Å². The van der Waals surface area contributed by atoms with Crippen LogP contribution in [0.15, 0.2) is 60.7 Å². The van der Waals surface area contributed by atoms with Crippen LogP contribution < -0.4 is 9.80 Å². The minimum absolute atomic E-state index is 0.128. The van der Waals surface area contributed by atoms with E-state index in [9.17, 15) is 0 Å². The van der Waals surface area contributed by atoms with Gasteiger partial charge >= 0.3 is 0 Å². The second-order valence-electron chi connectivity index (χ2n) is 25.4. The van der Waals surface area contributed by atoms with Gasteiger partial charge in [-0.1, -0.05) is 283 Å². The topological polar surface area (TPSA) is 40.6 Å². The molecule has 0 bridgehead atoms. The number of thiophene rings is 2. The normalized spacial score (nSPS) is 15.2. The van der Waals surface area contributed by atoms with Crippen LogP contribution >= 0.6 is 22.7 Å². The second-order valence-corrected chi connectivity index (χ2v) is 27.8. The first-order valence-corrected chi connectivity index (χ1v) is 35.9. The molecule has 0 saturated heterocycles. The van der Waals surface area contributed by atoms with Gasteiger partial charge in [0.25, 0.3) is 0 Å². The molecule has 2 amide bonds. The molecule has 0 spiro atoms. The molecule has 2 atom stereocenters. The maximum Gasteiger partial charge on any atom is 0.235 e. The molecule has 4 nitrogen and oxygen atoms in total. The summed E-state index contributed by atoms with van der Waals surface area (Å²) in [4.78, 5) is 40.4. The number of unbranched alkanes of at least 4 members (excludes halogenated alkanes) is 28. The van der Waals surface area contributed by atoms with Crippen LogP contribution in [0.3, 0.4) is 0 Å². The molecule has 0 saturated carbocycles. The van der Waals surface area contributed by atoms with Crippen LogP contribution in [0.2, 0.25) is 0 Å². The van der Waals surface area contributed by atoms with Crippen LogP contribution in [0, 0.1) is 25.7 Å². The zero-order valence-electron chi connectivity index (χ0n) is 52.3. The van der Waals surface area contributed by atoms with Gasteiger partial charge in [-0.05, 0) is 110 Å². The maximum atomic E-state index is 15.6. The van der Waals surface area contributed by atoms with Gasteiger partial charge in [0.05, 0.1) is 11.8 Å². The highest BCUT2D eigenvalue weighted by molar-refractivity contribution is 7.23. The number of hydrogen-bond acceptors (Lipinski definition) is 4. The molecule has 0 radical (unpaired) electrons. The van der Waals surface area contributed by atoms with Crippen LogP contribution in [0.25, 0.3) is 20.2 Å². The van der Waals surface area contributed by atoms with Crippen molar-refractivity contribution in [3.8, 4) is 20.2 Å². The molecule has 446 valence electrons. The third-order valence-electron chi connectivity index (χ3n) is 18.6. The first-order valence-electron chi connectivity index (χ1n) is 34.3. The van der Waals surface area contributed by atoms with E-state index in [-0.39, 0.29) is 11.8 Å². The van der Waals surface area contributed by atoms with Crippen molar-refractivity contribution in [2.24, 2.45) is 11.8 Å². The number of nitrogens with zero attached hydrogens (tertiary/aromatic N) is 2. The molecule has 2 aromatic heterocycles. The van der Waals surface area contributed by atoms with Crippen LogP contribution in [0.1, 0.15) is 318 Å². The van der Waals surface area contributed by atoms with Gasteiger partial charge in [0, 0.05) is 44.0 Å². The van der Waals surface area contributed by atoms with E-state index in [1.165, 1.54) is 269 Å². The zero-order chi connectivity index (χ0) is 56.6. The Morgan fingerprint density at radius 1 is 0.362 bits per heavy atom. The highest BCUT2D eigenvalue weighted by Gasteiger charge is 2.50. The Morgan fingerprint density at radius 3 is 1.10 bits per heavy atom. The van der Waals surface area contributed by atoms with Crippen molar-refractivity contribution < 1.29 is 9.59 Å². The van der Waals surface area contributed by atoms with Crippen molar-refractivity contribution in [3.63, 3.8) is 0 Å². The summed E-state index contributed by atoms with van der Waals surface area (Å²) in [5.41, 5.74) is 6.52. The van der Waals surface area contributed by atoms with Crippen LogP contribution in [-0.2, 0) is 9.59 Å². The van der Waals surface area contributed by atoms with Crippen molar-refractivity contribution >= 4 is 45.9 Å². The molecule has 6 rings (SSSR count). The number of rotatable bonds is 47. The number of carbonyl (C=O) groups is 2. The van der Waals surface area contributed by atoms with E-state index in [1.807, 2.05) is 22.7 Å². The predicted octanol–water partition coefficient (Wildman–Crippen LogP) is 24.2. The number of amides is 2. The minimum atomic E-state index is -0.520. The highest BCUT2D eigenvalue weighted by Crippen LogP contribution is 2.53. The van der Waals surface area contributed by atoms with Gasteiger partial charge in [0.2, 0.25) is 11.8 Å². The Bertz CT molecular complexity index is 2270. The molecule has 2 aliphatic heterocycles. The summed E-state index contributed by atoms with van der Waals surface area (Å²) in [5, 5.41) is 0. The van der Waals surface area contributed by atoms with Gasteiger partial charge in [0.15, 0.2) is 0 Å². The monoisotopic (exact) mass is 1130 g/mol. The Kier molecular flexibility index (Phi) is 31.8. The molecule has 4 heterocycles. The Hall–Kier alpha value is -3.22. The average molecular weight is 1130 g/mol. The van der Waals surface area contributed by atoms with Crippen molar-refractivity contribution in [1.29, 1.82) is 0 Å². The molecular formula is C74H116N2O2S2. The van der Waals surface area contributed by atoms with Gasteiger partial charge in [-0.2, -0.15) is 0 Å². The Labute approximate surface area is 499 Å². The number of anilines is 2. The third-order valence-corrected chi connectivity index (χ3v) is 20.9. The van der Waals surface area contributed by atoms with Gasteiger partial charge in [-0.3, -0.25) is 9.59 Å². The lowest BCUT2D eigenvalue weighted by Gasteiger charge is -2.23. The molecule has 2 unspecified atom stereocenters. The Morgan fingerprint density at radius 2 is 0.700 bits per heavy atom.